The Bertz CT molecular complexity index is 1160. The zero-order valence-electron chi connectivity index (χ0n) is 19.0. The van der Waals surface area contributed by atoms with Gasteiger partial charge >= 0.3 is 6.03 Å². The number of anilines is 2. The normalized spacial score (nSPS) is 25.2. The third kappa shape index (κ3) is 3.11. The molecule has 2 saturated heterocycles. The van der Waals surface area contributed by atoms with Gasteiger partial charge in [0.2, 0.25) is 11.8 Å². The van der Waals surface area contributed by atoms with Gasteiger partial charge in [-0.05, 0) is 51.0 Å². The van der Waals surface area contributed by atoms with Gasteiger partial charge in [-0.1, -0.05) is 30.3 Å². The summed E-state index contributed by atoms with van der Waals surface area (Å²) in [5, 5.41) is 2.46. The van der Waals surface area contributed by atoms with E-state index in [9.17, 15) is 18.8 Å². The van der Waals surface area contributed by atoms with Crippen LogP contribution in [0.15, 0.2) is 48.5 Å². The first-order valence-electron chi connectivity index (χ1n) is 11.2. The molecule has 3 aliphatic rings. The molecule has 0 radical (unpaired) electrons. The van der Waals surface area contributed by atoms with Gasteiger partial charge in [0.05, 0.1) is 11.7 Å². The van der Waals surface area contributed by atoms with Crippen molar-refractivity contribution in [2.24, 2.45) is 5.41 Å². The van der Waals surface area contributed by atoms with E-state index in [4.69, 9.17) is 0 Å². The fourth-order valence-electron chi connectivity index (χ4n) is 5.49. The van der Waals surface area contributed by atoms with Crippen LogP contribution in [0.4, 0.5) is 20.6 Å². The Balaban J connectivity index is 1.65. The van der Waals surface area contributed by atoms with Gasteiger partial charge in [0.1, 0.15) is 5.82 Å². The summed E-state index contributed by atoms with van der Waals surface area (Å²) in [7, 11) is 0. The summed E-state index contributed by atoms with van der Waals surface area (Å²) in [6.07, 6.45) is 0.181. The minimum Gasteiger partial charge on any atom is -0.365 e. The predicted octanol–water partition coefficient (Wildman–Crippen LogP) is 2.94. The molecule has 2 atom stereocenters. The highest BCUT2D eigenvalue weighted by molar-refractivity contribution is 6.20. The number of nitrogens with zero attached hydrogens (tertiary/aromatic N) is 3. The number of halogens is 1. The van der Waals surface area contributed by atoms with Crippen molar-refractivity contribution in [3.63, 3.8) is 0 Å². The number of carbonyl (C=O) groups is 3. The fraction of sp³-hybridized carbons (Fsp3) is 0.400. The number of benzene rings is 2. The van der Waals surface area contributed by atoms with Crippen LogP contribution in [-0.2, 0) is 16.0 Å². The van der Waals surface area contributed by atoms with Gasteiger partial charge in [0.15, 0.2) is 5.41 Å². The van der Waals surface area contributed by atoms with Crippen molar-refractivity contribution in [1.29, 1.82) is 0 Å². The van der Waals surface area contributed by atoms with E-state index in [0.29, 0.717) is 18.8 Å². The molecule has 2 aromatic carbocycles. The van der Waals surface area contributed by atoms with Crippen LogP contribution in [-0.4, -0.2) is 54.0 Å². The average molecular weight is 451 g/mol. The lowest BCUT2D eigenvalue weighted by Crippen LogP contribution is -2.77. The molecule has 0 unspecified atom stereocenters. The van der Waals surface area contributed by atoms with E-state index in [0.717, 1.165) is 11.3 Å². The average Bonchev–Trinajstić information content (AvgIpc) is 2.76. The fourth-order valence-corrected chi connectivity index (χ4v) is 5.49. The lowest BCUT2D eigenvalue weighted by molar-refractivity contribution is -0.156. The molecule has 8 heteroatoms. The number of imide groups is 2. The zero-order valence-corrected chi connectivity index (χ0v) is 19.0. The van der Waals surface area contributed by atoms with E-state index in [1.54, 1.807) is 39.0 Å². The number of barbiturate groups is 1. The quantitative estimate of drug-likeness (QED) is 0.677. The van der Waals surface area contributed by atoms with Crippen molar-refractivity contribution in [3.05, 3.63) is 59.9 Å². The number of fused-ring (bicyclic) bond motifs is 4. The van der Waals surface area contributed by atoms with Crippen molar-refractivity contribution in [1.82, 2.24) is 10.2 Å². The molecule has 33 heavy (non-hydrogen) atoms. The van der Waals surface area contributed by atoms with Crippen molar-refractivity contribution < 1.29 is 18.8 Å². The highest BCUT2D eigenvalue weighted by Gasteiger charge is 2.64. The van der Waals surface area contributed by atoms with Crippen molar-refractivity contribution >= 4 is 29.2 Å². The van der Waals surface area contributed by atoms with E-state index in [1.165, 1.54) is 11.0 Å². The molecule has 2 aromatic rings. The molecule has 0 saturated carbocycles. The van der Waals surface area contributed by atoms with Crippen LogP contribution in [0.25, 0.3) is 0 Å². The van der Waals surface area contributed by atoms with Crippen LogP contribution in [0.5, 0.6) is 0 Å². The monoisotopic (exact) mass is 450 g/mol. The topological polar surface area (TPSA) is 73.0 Å². The maximum atomic E-state index is 14.6. The van der Waals surface area contributed by atoms with Gasteiger partial charge in [-0.25, -0.2) is 9.18 Å². The summed E-state index contributed by atoms with van der Waals surface area (Å²) in [6.45, 7) is 6.65. The van der Waals surface area contributed by atoms with E-state index < -0.39 is 34.8 Å². The number of hydrogen-bond donors (Lipinski definition) is 1. The van der Waals surface area contributed by atoms with Crippen LogP contribution < -0.4 is 15.1 Å². The molecule has 7 nitrogen and oxygen atoms in total. The zero-order chi connectivity index (χ0) is 23.5. The SMILES string of the molecule is CC(C)(C)N1C(=O)NC(=O)[C@]2(Cc3ccccc3N3CCN(c4ccccc4F)C[C@H]32)C1=O. The summed E-state index contributed by atoms with van der Waals surface area (Å²) in [5.74, 6) is -1.43. The third-order valence-electron chi connectivity index (χ3n) is 7.00. The molecule has 3 heterocycles. The maximum Gasteiger partial charge on any atom is 0.331 e. The van der Waals surface area contributed by atoms with E-state index in [-0.39, 0.29) is 18.8 Å². The molecule has 0 aromatic heterocycles. The minimum absolute atomic E-state index is 0.181. The Labute approximate surface area is 192 Å². The van der Waals surface area contributed by atoms with Crippen molar-refractivity contribution in [3.8, 4) is 0 Å². The number of amides is 4. The highest BCUT2D eigenvalue weighted by atomic mass is 19.1. The summed E-state index contributed by atoms with van der Waals surface area (Å²) in [4.78, 5) is 45.5. The van der Waals surface area contributed by atoms with Gasteiger partial charge in [0, 0.05) is 30.9 Å². The molecular weight excluding hydrogens is 423 g/mol. The number of piperazine rings is 1. The van der Waals surface area contributed by atoms with Gasteiger partial charge in [0.25, 0.3) is 0 Å². The summed E-state index contributed by atoms with van der Waals surface area (Å²) < 4.78 is 14.6. The Kier molecular flexibility index (Phi) is 4.74. The molecule has 1 N–H and O–H groups in total. The second-order valence-electron chi connectivity index (χ2n) is 9.95. The smallest absolute Gasteiger partial charge is 0.331 e. The Morgan fingerprint density at radius 3 is 2.33 bits per heavy atom. The standard InChI is InChI=1S/C25H27FN4O3/c1-24(2,3)30-22(32)25(21(31)27-23(30)33)14-16-8-4-6-10-18(16)29-13-12-28(15-20(25)29)19-11-7-5-9-17(19)26/h4-11,20H,12-15H2,1-3H3,(H,27,31,33)/t20-,25+/m0/s1. The second kappa shape index (κ2) is 7.30. The third-order valence-corrected chi connectivity index (χ3v) is 7.00. The molecule has 5 rings (SSSR count). The van der Waals surface area contributed by atoms with Crippen molar-refractivity contribution in [2.45, 2.75) is 38.8 Å². The Hall–Kier alpha value is -3.42. The molecule has 172 valence electrons. The number of para-hydroxylation sites is 2. The number of rotatable bonds is 1. The number of nitrogens with one attached hydrogen (secondary N) is 1. The second-order valence-corrected chi connectivity index (χ2v) is 9.95. The molecular formula is C25H27FN4O3. The van der Waals surface area contributed by atoms with E-state index in [2.05, 4.69) is 10.2 Å². The van der Waals surface area contributed by atoms with Crippen LogP contribution in [0.3, 0.4) is 0 Å². The molecule has 0 bridgehead atoms. The van der Waals surface area contributed by atoms with Crippen LogP contribution in [0.1, 0.15) is 26.3 Å². The van der Waals surface area contributed by atoms with E-state index >= 15 is 0 Å². The summed E-state index contributed by atoms with van der Waals surface area (Å²) in [5.41, 5.74) is -0.00441. The first kappa shape index (κ1) is 21.4. The minimum atomic E-state index is -1.50. The molecule has 2 fully saturated rings. The molecule has 1 spiro atoms. The maximum absolute atomic E-state index is 14.6. The highest BCUT2D eigenvalue weighted by Crippen LogP contribution is 2.47. The van der Waals surface area contributed by atoms with E-state index in [1.807, 2.05) is 29.2 Å². The van der Waals surface area contributed by atoms with Crippen LogP contribution in [0.2, 0.25) is 0 Å². The Morgan fingerprint density at radius 1 is 0.970 bits per heavy atom. The number of carbonyl (C=O) groups excluding carboxylic acids is 3. The largest absolute Gasteiger partial charge is 0.365 e. The lowest BCUT2D eigenvalue weighted by Gasteiger charge is -2.56. The first-order chi connectivity index (χ1) is 15.6. The molecule has 4 amide bonds. The van der Waals surface area contributed by atoms with Gasteiger partial charge < -0.3 is 9.80 Å². The number of urea groups is 1. The predicted molar refractivity (Wildman–Crippen MR) is 122 cm³/mol. The molecule has 3 aliphatic heterocycles. The number of hydrogen-bond acceptors (Lipinski definition) is 5. The molecule has 0 aliphatic carbocycles. The summed E-state index contributed by atoms with van der Waals surface area (Å²) >= 11 is 0. The lowest BCUT2D eigenvalue weighted by atomic mass is 9.67. The van der Waals surface area contributed by atoms with Gasteiger partial charge in [-0.15, -0.1) is 0 Å². The van der Waals surface area contributed by atoms with Crippen molar-refractivity contribution in [2.75, 3.05) is 29.4 Å². The van der Waals surface area contributed by atoms with Gasteiger partial charge in [-0.2, -0.15) is 0 Å². The summed E-state index contributed by atoms with van der Waals surface area (Å²) in [6, 6.07) is 13.0. The Morgan fingerprint density at radius 2 is 1.64 bits per heavy atom. The van der Waals surface area contributed by atoms with Crippen LogP contribution in [0, 0.1) is 11.2 Å². The first-order valence-corrected chi connectivity index (χ1v) is 11.2. The van der Waals surface area contributed by atoms with Crippen LogP contribution >= 0.6 is 0 Å². The van der Waals surface area contributed by atoms with Gasteiger partial charge in [-0.3, -0.25) is 19.8 Å².